The minimum absolute atomic E-state index is 0.274. The molecule has 1 heterocycles. The SMILES string of the molecule is NC(=NCCCN1CCCC1=O)Nc1cccc2c1CCCC2. The number of hydrogen-bond acceptors (Lipinski definition) is 2. The predicted molar refractivity (Wildman–Crippen MR) is 93.6 cm³/mol. The van der Waals surface area contributed by atoms with E-state index in [-0.39, 0.29) is 5.91 Å². The van der Waals surface area contributed by atoms with Gasteiger partial charge in [0.1, 0.15) is 0 Å². The summed E-state index contributed by atoms with van der Waals surface area (Å²) in [6.07, 6.45) is 7.34. The lowest BCUT2D eigenvalue weighted by Crippen LogP contribution is -2.27. The first-order chi connectivity index (χ1) is 11.2. The molecule has 1 aliphatic carbocycles. The molecule has 0 bridgehead atoms. The van der Waals surface area contributed by atoms with Crippen molar-refractivity contribution in [2.75, 3.05) is 25.0 Å². The van der Waals surface area contributed by atoms with Crippen LogP contribution < -0.4 is 11.1 Å². The van der Waals surface area contributed by atoms with Crippen molar-refractivity contribution in [3.05, 3.63) is 29.3 Å². The van der Waals surface area contributed by atoms with E-state index in [2.05, 4.69) is 28.5 Å². The number of benzene rings is 1. The van der Waals surface area contributed by atoms with Crippen molar-refractivity contribution in [3.63, 3.8) is 0 Å². The Labute approximate surface area is 138 Å². The minimum Gasteiger partial charge on any atom is -0.370 e. The van der Waals surface area contributed by atoms with Gasteiger partial charge in [-0.25, -0.2) is 0 Å². The fourth-order valence-electron chi connectivity index (χ4n) is 3.48. The first-order valence-electron chi connectivity index (χ1n) is 8.69. The molecule has 0 atom stereocenters. The molecule has 0 unspecified atom stereocenters. The number of nitrogens with two attached hydrogens (primary N) is 1. The van der Waals surface area contributed by atoms with E-state index in [1.165, 1.54) is 24.0 Å². The topological polar surface area (TPSA) is 70.7 Å². The summed E-state index contributed by atoms with van der Waals surface area (Å²) in [7, 11) is 0. The van der Waals surface area contributed by atoms with E-state index in [1.807, 2.05) is 4.90 Å². The summed E-state index contributed by atoms with van der Waals surface area (Å²) >= 11 is 0. The van der Waals surface area contributed by atoms with Crippen molar-refractivity contribution in [3.8, 4) is 0 Å². The van der Waals surface area contributed by atoms with Crippen molar-refractivity contribution < 1.29 is 4.79 Å². The Morgan fingerprint density at radius 1 is 1.22 bits per heavy atom. The van der Waals surface area contributed by atoms with Gasteiger partial charge in [0.15, 0.2) is 5.96 Å². The third-order valence-electron chi connectivity index (χ3n) is 4.70. The smallest absolute Gasteiger partial charge is 0.222 e. The fraction of sp³-hybridized carbons (Fsp3) is 0.556. The van der Waals surface area contributed by atoms with Crippen molar-refractivity contribution in [2.24, 2.45) is 10.7 Å². The van der Waals surface area contributed by atoms with E-state index in [4.69, 9.17) is 5.73 Å². The first-order valence-corrected chi connectivity index (χ1v) is 8.69. The number of carbonyl (C=O) groups excluding carboxylic acids is 1. The molecule has 1 aliphatic heterocycles. The van der Waals surface area contributed by atoms with Crippen LogP contribution in [0.3, 0.4) is 0 Å². The molecular weight excluding hydrogens is 288 g/mol. The van der Waals surface area contributed by atoms with E-state index in [9.17, 15) is 4.79 Å². The molecule has 0 spiro atoms. The zero-order chi connectivity index (χ0) is 16.1. The van der Waals surface area contributed by atoms with Crippen LogP contribution in [0, 0.1) is 0 Å². The van der Waals surface area contributed by atoms with E-state index in [0.29, 0.717) is 18.9 Å². The number of hydrogen-bond donors (Lipinski definition) is 2. The van der Waals surface area contributed by atoms with Gasteiger partial charge in [-0.3, -0.25) is 9.79 Å². The van der Waals surface area contributed by atoms with Crippen LogP contribution in [0.25, 0.3) is 0 Å². The maximum atomic E-state index is 11.5. The van der Waals surface area contributed by atoms with Gasteiger partial charge in [-0.05, 0) is 55.7 Å². The number of rotatable bonds is 5. The molecule has 3 N–H and O–H groups in total. The average molecular weight is 314 g/mol. The third kappa shape index (κ3) is 4.03. The zero-order valence-corrected chi connectivity index (χ0v) is 13.7. The molecule has 5 heteroatoms. The highest BCUT2D eigenvalue weighted by Gasteiger charge is 2.18. The molecule has 23 heavy (non-hydrogen) atoms. The molecule has 0 aromatic heterocycles. The molecule has 1 aromatic carbocycles. The normalized spacial score (nSPS) is 18.2. The second kappa shape index (κ2) is 7.49. The summed E-state index contributed by atoms with van der Waals surface area (Å²) in [5, 5.41) is 3.25. The van der Waals surface area contributed by atoms with Crippen LogP contribution in [-0.4, -0.2) is 36.4 Å². The highest BCUT2D eigenvalue weighted by molar-refractivity contribution is 5.93. The summed E-state index contributed by atoms with van der Waals surface area (Å²) in [5.41, 5.74) is 9.93. The lowest BCUT2D eigenvalue weighted by Gasteiger charge is -2.20. The Morgan fingerprint density at radius 2 is 2.09 bits per heavy atom. The lowest BCUT2D eigenvalue weighted by atomic mass is 9.90. The Morgan fingerprint density at radius 3 is 2.91 bits per heavy atom. The number of nitrogens with zero attached hydrogens (tertiary/aromatic N) is 2. The highest BCUT2D eigenvalue weighted by Crippen LogP contribution is 2.27. The number of aliphatic imine (C=N–C) groups is 1. The first kappa shape index (κ1) is 15.8. The molecule has 1 amide bonds. The van der Waals surface area contributed by atoms with Gasteiger partial charge in [0.2, 0.25) is 5.91 Å². The van der Waals surface area contributed by atoms with Crippen LogP contribution >= 0.6 is 0 Å². The minimum atomic E-state index is 0.274. The Balaban J connectivity index is 1.50. The van der Waals surface area contributed by atoms with Gasteiger partial charge in [0, 0.05) is 31.7 Å². The largest absolute Gasteiger partial charge is 0.370 e. The van der Waals surface area contributed by atoms with Gasteiger partial charge in [-0.15, -0.1) is 0 Å². The van der Waals surface area contributed by atoms with Gasteiger partial charge in [0.05, 0.1) is 0 Å². The predicted octanol–water partition coefficient (Wildman–Crippen LogP) is 2.30. The number of guanidine groups is 1. The second-order valence-corrected chi connectivity index (χ2v) is 6.38. The number of carbonyl (C=O) groups is 1. The number of nitrogens with one attached hydrogen (secondary N) is 1. The van der Waals surface area contributed by atoms with Gasteiger partial charge >= 0.3 is 0 Å². The van der Waals surface area contributed by atoms with Crippen LogP contribution in [0.4, 0.5) is 5.69 Å². The molecule has 2 aliphatic rings. The van der Waals surface area contributed by atoms with E-state index in [0.717, 1.165) is 44.5 Å². The van der Waals surface area contributed by atoms with Crippen LogP contribution in [0.5, 0.6) is 0 Å². The maximum Gasteiger partial charge on any atom is 0.222 e. The van der Waals surface area contributed by atoms with Crippen LogP contribution in [0.1, 0.15) is 43.2 Å². The monoisotopic (exact) mass is 314 g/mol. The standard InChI is InChI=1S/C18H26N4O/c19-18(20-11-5-13-22-12-4-10-17(22)23)21-16-9-3-7-14-6-1-2-8-15(14)16/h3,7,9H,1-2,4-6,8,10-13H2,(H3,19,20,21). The fourth-order valence-corrected chi connectivity index (χ4v) is 3.48. The van der Waals surface area contributed by atoms with Crippen molar-refractivity contribution >= 4 is 17.6 Å². The second-order valence-electron chi connectivity index (χ2n) is 6.38. The number of aryl methyl sites for hydroxylation is 1. The van der Waals surface area contributed by atoms with Crippen molar-refractivity contribution in [1.82, 2.24) is 4.90 Å². The van der Waals surface area contributed by atoms with Gasteiger partial charge in [-0.2, -0.15) is 0 Å². The molecule has 0 radical (unpaired) electrons. The van der Waals surface area contributed by atoms with E-state index in [1.54, 1.807) is 0 Å². The number of fused-ring (bicyclic) bond motifs is 1. The summed E-state index contributed by atoms with van der Waals surface area (Å²) in [6.45, 7) is 2.33. The highest BCUT2D eigenvalue weighted by atomic mass is 16.2. The molecule has 1 saturated heterocycles. The van der Waals surface area contributed by atoms with Crippen LogP contribution in [0.2, 0.25) is 0 Å². The summed E-state index contributed by atoms with van der Waals surface area (Å²) in [5.74, 6) is 0.743. The van der Waals surface area contributed by atoms with Crippen LogP contribution in [-0.2, 0) is 17.6 Å². The quantitative estimate of drug-likeness (QED) is 0.498. The number of amides is 1. The number of anilines is 1. The molecule has 3 rings (SSSR count). The lowest BCUT2D eigenvalue weighted by molar-refractivity contribution is -0.127. The van der Waals surface area contributed by atoms with Gasteiger partial charge in [0.25, 0.3) is 0 Å². The summed E-state index contributed by atoms with van der Waals surface area (Å²) < 4.78 is 0. The molecule has 1 aromatic rings. The van der Waals surface area contributed by atoms with Crippen LogP contribution in [0.15, 0.2) is 23.2 Å². The molecular formula is C18H26N4O. The molecule has 5 nitrogen and oxygen atoms in total. The Kier molecular flexibility index (Phi) is 5.16. The zero-order valence-electron chi connectivity index (χ0n) is 13.7. The van der Waals surface area contributed by atoms with Crippen molar-refractivity contribution in [1.29, 1.82) is 0 Å². The number of likely N-dealkylation sites (tertiary alicyclic amines) is 1. The third-order valence-corrected chi connectivity index (χ3v) is 4.70. The van der Waals surface area contributed by atoms with Gasteiger partial charge < -0.3 is 16.0 Å². The summed E-state index contributed by atoms with van der Waals surface area (Å²) in [6, 6.07) is 6.37. The molecule has 124 valence electrons. The Hall–Kier alpha value is -2.04. The van der Waals surface area contributed by atoms with Gasteiger partial charge in [-0.1, -0.05) is 12.1 Å². The molecule has 0 saturated carbocycles. The Bertz CT molecular complexity index is 597. The van der Waals surface area contributed by atoms with Crippen molar-refractivity contribution in [2.45, 2.75) is 44.9 Å². The van der Waals surface area contributed by atoms with E-state index >= 15 is 0 Å². The average Bonchev–Trinajstić information content (AvgIpc) is 2.97. The summed E-state index contributed by atoms with van der Waals surface area (Å²) in [4.78, 5) is 17.9. The molecule has 1 fully saturated rings. The van der Waals surface area contributed by atoms with E-state index < -0.39 is 0 Å². The maximum absolute atomic E-state index is 11.5.